The first kappa shape index (κ1) is 16.2. The zero-order chi connectivity index (χ0) is 16.4. The van der Waals surface area contributed by atoms with Gasteiger partial charge >= 0.3 is 0 Å². The molecule has 23 heavy (non-hydrogen) atoms. The van der Waals surface area contributed by atoms with Gasteiger partial charge in [0.05, 0.1) is 22.8 Å². The normalized spacial score (nSPS) is 18.4. The third-order valence-electron chi connectivity index (χ3n) is 4.56. The lowest BCUT2D eigenvalue weighted by atomic mass is 9.98. The first-order chi connectivity index (χ1) is 11.1. The van der Waals surface area contributed by atoms with Crippen LogP contribution in [0.3, 0.4) is 0 Å². The molecule has 3 heterocycles. The van der Waals surface area contributed by atoms with Gasteiger partial charge in [-0.25, -0.2) is 4.98 Å². The molecule has 0 unspecified atom stereocenters. The van der Waals surface area contributed by atoms with E-state index in [2.05, 4.69) is 17.5 Å². The van der Waals surface area contributed by atoms with Crippen LogP contribution in [0.4, 0.5) is 0 Å². The Balaban J connectivity index is 1.67. The van der Waals surface area contributed by atoms with Gasteiger partial charge in [0.1, 0.15) is 5.76 Å². The minimum absolute atomic E-state index is 0.163. The van der Waals surface area contributed by atoms with E-state index < -0.39 is 0 Å². The lowest BCUT2D eigenvalue weighted by Crippen LogP contribution is -2.40. The quantitative estimate of drug-likeness (QED) is 0.862. The van der Waals surface area contributed by atoms with Crippen molar-refractivity contribution in [2.45, 2.75) is 52.4 Å². The molecule has 1 atom stereocenters. The molecule has 124 valence electrons. The van der Waals surface area contributed by atoms with Crippen molar-refractivity contribution >= 4 is 17.2 Å². The number of carbonyl (C=O) groups is 1. The van der Waals surface area contributed by atoms with Crippen molar-refractivity contribution in [3.05, 3.63) is 33.1 Å². The first-order valence-corrected chi connectivity index (χ1v) is 9.10. The fourth-order valence-corrected chi connectivity index (χ4v) is 4.13. The van der Waals surface area contributed by atoms with Crippen molar-refractivity contribution in [2.75, 3.05) is 13.1 Å². The molecule has 1 fully saturated rings. The number of thiazole rings is 1. The Labute approximate surface area is 140 Å². The van der Waals surface area contributed by atoms with Crippen LogP contribution in [0.1, 0.15) is 53.4 Å². The van der Waals surface area contributed by atoms with Crippen molar-refractivity contribution in [3.63, 3.8) is 0 Å². The number of aromatic nitrogens is 2. The minimum Gasteiger partial charge on any atom is -0.361 e. The fourth-order valence-electron chi connectivity index (χ4n) is 3.10. The first-order valence-electron chi connectivity index (χ1n) is 8.22. The predicted octanol–water partition coefficient (Wildman–Crippen LogP) is 3.26. The molecule has 1 aliphatic rings. The molecule has 1 saturated heterocycles. The molecule has 0 saturated carbocycles. The number of hydrogen-bond acceptors (Lipinski definition) is 5. The average Bonchev–Trinajstić information content (AvgIpc) is 3.17. The van der Waals surface area contributed by atoms with Gasteiger partial charge in [0.25, 0.3) is 0 Å². The van der Waals surface area contributed by atoms with Gasteiger partial charge in [0.2, 0.25) is 5.91 Å². The molecule has 1 aliphatic heterocycles. The second-order valence-corrected chi connectivity index (χ2v) is 7.08. The van der Waals surface area contributed by atoms with Crippen LogP contribution in [0, 0.1) is 13.8 Å². The third-order valence-corrected chi connectivity index (χ3v) is 5.62. The molecule has 6 heteroatoms. The monoisotopic (exact) mass is 333 g/mol. The second kappa shape index (κ2) is 6.83. The summed E-state index contributed by atoms with van der Waals surface area (Å²) < 4.78 is 5.16. The molecule has 2 aromatic rings. The van der Waals surface area contributed by atoms with Crippen molar-refractivity contribution < 1.29 is 9.32 Å². The van der Waals surface area contributed by atoms with Gasteiger partial charge in [-0.1, -0.05) is 12.1 Å². The number of amides is 1. The van der Waals surface area contributed by atoms with E-state index in [1.165, 1.54) is 5.01 Å². The lowest BCUT2D eigenvalue weighted by Gasteiger charge is -2.32. The predicted molar refractivity (Wildman–Crippen MR) is 89.7 cm³/mol. The van der Waals surface area contributed by atoms with Gasteiger partial charge < -0.3 is 9.42 Å². The maximum Gasteiger partial charge on any atom is 0.227 e. The SMILES string of the molecule is CCc1csc([C@H]2CCCN(C(=O)Cc3c(C)noc3C)C2)n1. The van der Waals surface area contributed by atoms with Gasteiger partial charge in [-0.15, -0.1) is 11.3 Å². The highest BCUT2D eigenvalue weighted by Crippen LogP contribution is 2.30. The summed E-state index contributed by atoms with van der Waals surface area (Å²) in [7, 11) is 0. The Bertz CT molecular complexity index is 672. The van der Waals surface area contributed by atoms with Crippen molar-refractivity contribution in [2.24, 2.45) is 0 Å². The summed E-state index contributed by atoms with van der Waals surface area (Å²) in [5.74, 6) is 1.29. The van der Waals surface area contributed by atoms with Gasteiger partial charge in [0.15, 0.2) is 0 Å². The maximum atomic E-state index is 12.6. The average molecular weight is 333 g/mol. The Hall–Kier alpha value is -1.69. The molecular formula is C17H23N3O2S. The highest BCUT2D eigenvalue weighted by Gasteiger charge is 2.27. The summed E-state index contributed by atoms with van der Waals surface area (Å²) in [6.45, 7) is 7.49. The third kappa shape index (κ3) is 3.47. The maximum absolute atomic E-state index is 12.6. The number of rotatable bonds is 4. The van der Waals surface area contributed by atoms with Crippen LogP contribution < -0.4 is 0 Å². The van der Waals surface area contributed by atoms with Crippen LogP contribution in [0.2, 0.25) is 0 Å². The van der Waals surface area contributed by atoms with Crippen LogP contribution >= 0.6 is 11.3 Å². The van der Waals surface area contributed by atoms with Crippen molar-refractivity contribution in [3.8, 4) is 0 Å². The molecule has 0 spiro atoms. The summed E-state index contributed by atoms with van der Waals surface area (Å²) in [5, 5.41) is 7.25. The highest BCUT2D eigenvalue weighted by molar-refractivity contribution is 7.09. The van der Waals surface area contributed by atoms with Gasteiger partial charge in [-0.05, 0) is 33.1 Å². The number of piperidine rings is 1. The standard InChI is InChI=1S/C17H23N3O2S/c1-4-14-10-23-17(18-14)13-6-5-7-20(9-13)16(21)8-15-11(2)19-22-12(15)3/h10,13H,4-9H2,1-3H3/t13-/m0/s1. The lowest BCUT2D eigenvalue weighted by molar-refractivity contribution is -0.131. The van der Waals surface area contributed by atoms with E-state index >= 15 is 0 Å². The summed E-state index contributed by atoms with van der Waals surface area (Å²) in [6.07, 6.45) is 3.51. The fraction of sp³-hybridized carbons (Fsp3) is 0.588. The number of carbonyl (C=O) groups excluding carboxylic acids is 1. The summed E-state index contributed by atoms with van der Waals surface area (Å²) >= 11 is 1.73. The zero-order valence-electron chi connectivity index (χ0n) is 14.0. The molecule has 2 aromatic heterocycles. The Morgan fingerprint density at radius 2 is 2.30 bits per heavy atom. The summed E-state index contributed by atoms with van der Waals surface area (Å²) in [4.78, 5) is 19.3. The van der Waals surface area contributed by atoms with Crippen LogP contribution in [-0.2, 0) is 17.6 Å². The topological polar surface area (TPSA) is 59.2 Å². The minimum atomic E-state index is 0.163. The number of hydrogen-bond donors (Lipinski definition) is 0. The molecule has 1 amide bonds. The molecule has 0 bridgehead atoms. The van der Waals surface area contributed by atoms with Crippen LogP contribution in [0.5, 0.6) is 0 Å². The zero-order valence-corrected chi connectivity index (χ0v) is 14.8. The van der Waals surface area contributed by atoms with E-state index in [0.717, 1.165) is 55.1 Å². The van der Waals surface area contributed by atoms with Crippen LogP contribution in [0.25, 0.3) is 0 Å². The summed E-state index contributed by atoms with van der Waals surface area (Å²) in [5.41, 5.74) is 2.90. The second-order valence-electron chi connectivity index (χ2n) is 6.19. The van der Waals surface area contributed by atoms with Crippen molar-refractivity contribution in [1.29, 1.82) is 0 Å². The number of likely N-dealkylation sites (tertiary alicyclic amines) is 1. The van der Waals surface area contributed by atoms with Gasteiger partial charge in [0, 0.05) is 30.0 Å². The molecule has 0 N–H and O–H groups in total. The van der Waals surface area contributed by atoms with Crippen LogP contribution in [-0.4, -0.2) is 34.0 Å². The Kier molecular flexibility index (Phi) is 4.80. The van der Waals surface area contributed by atoms with Gasteiger partial charge in [-0.3, -0.25) is 4.79 Å². The Morgan fingerprint density at radius 1 is 1.48 bits per heavy atom. The molecular weight excluding hydrogens is 310 g/mol. The van der Waals surface area contributed by atoms with E-state index in [4.69, 9.17) is 9.51 Å². The summed E-state index contributed by atoms with van der Waals surface area (Å²) in [6, 6.07) is 0. The van der Waals surface area contributed by atoms with E-state index in [1.807, 2.05) is 18.7 Å². The molecule has 0 aromatic carbocycles. The van der Waals surface area contributed by atoms with E-state index in [9.17, 15) is 4.79 Å². The molecule has 3 rings (SSSR count). The molecule has 0 aliphatic carbocycles. The van der Waals surface area contributed by atoms with E-state index in [-0.39, 0.29) is 5.91 Å². The van der Waals surface area contributed by atoms with Gasteiger partial charge in [-0.2, -0.15) is 0 Å². The number of nitrogens with zero attached hydrogens (tertiary/aromatic N) is 3. The van der Waals surface area contributed by atoms with E-state index in [0.29, 0.717) is 12.3 Å². The van der Waals surface area contributed by atoms with Crippen molar-refractivity contribution in [1.82, 2.24) is 15.0 Å². The Morgan fingerprint density at radius 3 is 2.96 bits per heavy atom. The molecule has 0 radical (unpaired) electrons. The largest absolute Gasteiger partial charge is 0.361 e. The number of aryl methyl sites for hydroxylation is 3. The highest BCUT2D eigenvalue weighted by atomic mass is 32.1. The smallest absolute Gasteiger partial charge is 0.227 e. The van der Waals surface area contributed by atoms with Crippen LogP contribution in [0.15, 0.2) is 9.90 Å². The molecule has 5 nitrogen and oxygen atoms in total. The van der Waals surface area contributed by atoms with E-state index in [1.54, 1.807) is 11.3 Å².